The van der Waals surface area contributed by atoms with Crippen molar-refractivity contribution >= 4 is 28.8 Å². The summed E-state index contributed by atoms with van der Waals surface area (Å²) in [6.45, 7) is 3.34. The van der Waals surface area contributed by atoms with Crippen LogP contribution in [0.25, 0.3) is 0 Å². The number of morpholine rings is 1. The van der Waals surface area contributed by atoms with Gasteiger partial charge in [-0.2, -0.15) is 11.3 Å². The summed E-state index contributed by atoms with van der Waals surface area (Å²) in [4.78, 5) is 30.3. The molecule has 3 heterocycles. The third-order valence-corrected chi connectivity index (χ3v) is 4.72. The average molecular weight is 360 g/mol. The van der Waals surface area contributed by atoms with Gasteiger partial charge in [0, 0.05) is 37.7 Å². The minimum atomic E-state index is -0.683. The Hall–Kier alpha value is -2.29. The molecule has 2 aromatic heterocycles. The predicted molar refractivity (Wildman–Crippen MR) is 95.3 cm³/mol. The molecule has 1 aliphatic heterocycles. The van der Waals surface area contributed by atoms with Crippen LogP contribution in [0.3, 0.4) is 0 Å². The molecule has 1 unspecified atom stereocenters. The van der Waals surface area contributed by atoms with Gasteiger partial charge in [0.2, 0.25) is 0 Å². The Kier molecular flexibility index (Phi) is 6.10. The molecule has 2 N–H and O–H groups in total. The van der Waals surface area contributed by atoms with Crippen LogP contribution in [-0.4, -0.2) is 54.5 Å². The van der Waals surface area contributed by atoms with Crippen molar-refractivity contribution in [2.45, 2.75) is 6.04 Å². The molecule has 1 fully saturated rings. The van der Waals surface area contributed by atoms with E-state index in [0.717, 1.165) is 18.7 Å². The van der Waals surface area contributed by atoms with Gasteiger partial charge in [0.15, 0.2) is 0 Å². The second-order valence-electron chi connectivity index (χ2n) is 5.62. The number of ether oxygens (including phenoxy) is 1. The van der Waals surface area contributed by atoms with Crippen molar-refractivity contribution in [1.29, 1.82) is 0 Å². The van der Waals surface area contributed by atoms with Gasteiger partial charge in [-0.15, -0.1) is 0 Å². The second-order valence-corrected chi connectivity index (χ2v) is 6.40. The number of hydrogen-bond donors (Lipinski definition) is 2. The number of hydrogen-bond acceptors (Lipinski definition) is 6. The second kappa shape index (κ2) is 8.70. The topological polar surface area (TPSA) is 83.6 Å². The van der Waals surface area contributed by atoms with Crippen LogP contribution >= 0.6 is 11.3 Å². The summed E-state index contributed by atoms with van der Waals surface area (Å²) in [5.41, 5.74) is 1.68. The number of anilines is 1. The molecule has 0 aliphatic carbocycles. The quantitative estimate of drug-likeness (QED) is 0.785. The lowest BCUT2D eigenvalue weighted by molar-refractivity contribution is -0.136. The molecule has 0 radical (unpaired) electrons. The summed E-state index contributed by atoms with van der Waals surface area (Å²) in [7, 11) is 0. The number of aromatic nitrogens is 1. The first kappa shape index (κ1) is 17.5. The summed E-state index contributed by atoms with van der Waals surface area (Å²) in [5, 5.41) is 9.39. The van der Waals surface area contributed by atoms with E-state index in [-0.39, 0.29) is 6.04 Å². The molecule has 132 valence electrons. The monoisotopic (exact) mass is 360 g/mol. The van der Waals surface area contributed by atoms with E-state index in [1.165, 1.54) is 0 Å². The van der Waals surface area contributed by atoms with Crippen LogP contribution in [0.15, 0.2) is 41.4 Å². The van der Waals surface area contributed by atoms with Gasteiger partial charge in [-0.25, -0.2) is 0 Å². The highest BCUT2D eigenvalue weighted by molar-refractivity contribution is 7.08. The minimum Gasteiger partial charge on any atom is -0.379 e. The van der Waals surface area contributed by atoms with Crippen molar-refractivity contribution in [3.8, 4) is 0 Å². The molecule has 1 aliphatic rings. The van der Waals surface area contributed by atoms with Gasteiger partial charge in [0.25, 0.3) is 0 Å². The Balaban J connectivity index is 1.58. The molecular formula is C17H20N4O3S. The Bertz CT molecular complexity index is 687. The van der Waals surface area contributed by atoms with Crippen LogP contribution in [-0.2, 0) is 14.3 Å². The average Bonchev–Trinajstić information content (AvgIpc) is 3.18. The van der Waals surface area contributed by atoms with E-state index in [1.807, 2.05) is 11.4 Å². The Morgan fingerprint density at radius 1 is 1.20 bits per heavy atom. The SMILES string of the molecule is O=C(NCC(c1ccsc1)N1CCOCC1)C(=O)Nc1ccncc1. The zero-order chi connectivity index (χ0) is 17.5. The number of carbonyl (C=O) groups excluding carboxylic acids is 2. The number of carbonyl (C=O) groups is 2. The Labute approximate surface area is 150 Å². The molecule has 25 heavy (non-hydrogen) atoms. The first-order valence-electron chi connectivity index (χ1n) is 8.07. The van der Waals surface area contributed by atoms with Crippen molar-refractivity contribution in [3.05, 3.63) is 46.9 Å². The van der Waals surface area contributed by atoms with E-state index in [4.69, 9.17) is 4.74 Å². The van der Waals surface area contributed by atoms with E-state index < -0.39 is 11.8 Å². The molecule has 0 saturated carbocycles. The van der Waals surface area contributed by atoms with Gasteiger partial charge < -0.3 is 15.4 Å². The maximum absolute atomic E-state index is 12.1. The minimum absolute atomic E-state index is 0.0350. The third-order valence-electron chi connectivity index (χ3n) is 4.01. The maximum Gasteiger partial charge on any atom is 0.313 e. The standard InChI is InChI=1S/C17H20N4O3S/c22-16(17(23)20-14-1-4-18-5-2-14)19-11-15(13-3-10-25-12-13)21-6-8-24-9-7-21/h1-5,10,12,15H,6-9,11H2,(H,19,22)(H,18,20,23). The lowest BCUT2D eigenvalue weighted by Crippen LogP contribution is -2.45. The van der Waals surface area contributed by atoms with E-state index in [0.29, 0.717) is 25.4 Å². The van der Waals surface area contributed by atoms with Gasteiger partial charge >= 0.3 is 11.8 Å². The van der Waals surface area contributed by atoms with Gasteiger partial charge in [0.05, 0.1) is 19.3 Å². The molecule has 2 amide bonds. The van der Waals surface area contributed by atoms with Crippen molar-refractivity contribution in [1.82, 2.24) is 15.2 Å². The lowest BCUT2D eigenvalue weighted by atomic mass is 10.1. The number of nitrogens with one attached hydrogen (secondary N) is 2. The first-order valence-corrected chi connectivity index (χ1v) is 9.01. The molecule has 1 atom stereocenters. The number of nitrogens with zero attached hydrogens (tertiary/aromatic N) is 2. The first-order chi connectivity index (χ1) is 12.2. The number of amides is 2. The number of pyridine rings is 1. The Morgan fingerprint density at radius 2 is 1.96 bits per heavy atom. The van der Waals surface area contributed by atoms with Crippen LogP contribution in [0, 0.1) is 0 Å². The van der Waals surface area contributed by atoms with E-state index in [9.17, 15) is 9.59 Å². The molecule has 0 aromatic carbocycles. The molecule has 0 bridgehead atoms. The van der Waals surface area contributed by atoms with E-state index in [2.05, 4.69) is 25.9 Å². The molecule has 1 saturated heterocycles. The molecule has 0 spiro atoms. The van der Waals surface area contributed by atoms with Crippen molar-refractivity contribution in [2.24, 2.45) is 0 Å². The smallest absolute Gasteiger partial charge is 0.313 e. The fourth-order valence-corrected chi connectivity index (χ4v) is 3.41. The zero-order valence-corrected chi connectivity index (χ0v) is 14.5. The summed E-state index contributed by atoms with van der Waals surface area (Å²) >= 11 is 1.62. The van der Waals surface area contributed by atoms with Crippen LogP contribution in [0.2, 0.25) is 0 Å². The molecular weight excluding hydrogens is 340 g/mol. The highest BCUT2D eigenvalue weighted by Crippen LogP contribution is 2.23. The van der Waals surface area contributed by atoms with Crippen LogP contribution in [0.4, 0.5) is 5.69 Å². The van der Waals surface area contributed by atoms with E-state index >= 15 is 0 Å². The van der Waals surface area contributed by atoms with Crippen molar-refractivity contribution in [2.75, 3.05) is 38.2 Å². The molecule has 8 heteroatoms. The largest absolute Gasteiger partial charge is 0.379 e. The maximum atomic E-state index is 12.1. The van der Waals surface area contributed by atoms with Gasteiger partial charge in [-0.3, -0.25) is 19.5 Å². The van der Waals surface area contributed by atoms with Gasteiger partial charge in [0.1, 0.15) is 0 Å². The highest BCUT2D eigenvalue weighted by Gasteiger charge is 2.24. The van der Waals surface area contributed by atoms with Crippen molar-refractivity contribution in [3.63, 3.8) is 0 Å². The van der Waals surface area contributed by atoms with Crippen LogP contribution in [0.5, 0.6) is 0 Å². The summed E-state index contributed by atoms with van der Waals surface area (Å²) in [6.07, 6.45) is 3.11. The fourth-order valence-electron chi connectivity index (χ4n) is 2.70. The lowest BCUT2D eigenvalue weighted by Gasteiger charge is -2.34. The summed E-state index contributed by atoms with van der Waals surface area (Å²) in [6, 6.07) is 5.35. The predicted octanol–water partition coefficient (Wildman–Crippen LogP) is 1.27. The number of thiophene rings is 1. The third kappa shape index (κ3) is 4.85. The van der Waals surface area contributed by atoms with Gasteiger partial charge in [-0.1, -0.05) is 0 Å². The molecule has 3 rings (SSSR count). The molecule has 7 nitrogen and oxygen atoms in total. The van der Waals surface area contributed by atoms with Gasteiger partial charge in [-0.05, 0) is 34.5 Å². The van der Waals surface area contributed by atoms with E-state index in [1.54, 1.807) is 35.9 Å². The Morgan fingerprint density at radius 3 is 2.64 bits per heavy atom. The van der Waals surface area contributed by atoms with Crippen LogP contribution < -0.4 is 10.6 Å². The van der Waals surface area contributed by atoms with Crippen LogP contribution in [0.1, 0.15) is 11.6 Å². The molecule has 2 aromatic rings. The normalized spacial score (nSPS) is 16.2. The van der Waals surface area contributed by atoms with Crippen molar-refractivity contribution < 1.29 is 14.3 Å². The fraction of sp³-hybridized carbons (Fsp3) is 0.353. The highest BCUT2D eigenvalue weighted by atomic mass is 32.1. The summed E-state index contributed by atoms with van der Waals surface area (Å²) < 4.78 is 5.40. The summed E-state index contributed by atoms with van der Waals surface area (Å²) in [5.74, 6) is -1.33. The zero-order valence-electron chi connectivity index (χ0n) is 13.7. The number of rotatable bonds is 5.